The highest BCUT2D eigenvalue weighted by Gasteiger charge is 2.15. The van der Waals surface area contributed by atoms with Crippen molar-refractivity contribution in [2.45, 2.75) is 20.4 Å². The molecule has 176 valence electrons. The first-order valence-corrected chi connectivity index (χ1v) is 11.1. The van der Waals surface area contributed by atoms with Gasteiger partial charge in [0.25, 0.3) is 0 Å². The SMILES string of the molecule is CCOC(=O)/C(C#N)=C/c1ccc(N(C)Cc2cc(C)cc(-n3nc4ccccc4n3)c2O)cc1. The van der Waals surface area contributed by atoms with E-state index < -0.39 is 5.97 Å². The van der Waals surface area contributed by atoms with Crippen molar-refractivity contribution >= 4 is 28.8 Å². The lowest BCUT2D eigenvalue weighted by molar-refractivity contribution is -0.137. The summed E-state index contributed by atoms with van der Waals surface area (Å²) in [5, 5.41) is 29.3. The third kappa shape index (κ3) is 5.14. The van der Waals surface area contributed by atoms with E-state index in [2.05, 4.69) is 10.2 Å². The van der Waals surface area contributed by atoms with E-state index in [-0.39, 0.29) is 17.9 Å². The Morgan fingerprint density at radius 2 is 1.80 bits per heavy atom. The van der Waals surface area contributed by atoms with Gasteiger partial charge >= 0.3 is 5.97 Å². The van der Waals surface area contributed by atoms with Gasteiger partial charge in [0.1, 0.15) is 34.1 Å². The Kier molecular flexibility index (Phi) is 6.78. The summed E-state index contributed by atoms with van der Waals surface area (Å²) >= 11 is 0. The second-order valence-electron chi connectivity index (χ2n) is 8.11. The molecular weight excluding hydrogens is 442 g/mol. The van der Waals surface area contributed by atoms with E-state index in [0.29, 0.717) is 17.8 Å². The Labute approximate surface area is 203 Å². The normalized spacial score (nSPS) is 11.3. The molecule has 1 heterocycles. The van der Waals surface area contributed by atoms with Crippen molar-refractivity contribution in [1.82, 2.24) is 15.0 Å². The summed E-state index contributed by atoms with van der Waals surface area (Å²) in [5.41, 5.74) is 5.31. The summed E-state index contributed by atoms with van der Waals surface area (Å²) in [6, 6.07) is 20.7. The third-order valence-electron chi connectivity index (χ3n) is 5.48. The standard InChI is InChI=1S/C27H25N5O3/c1-4-35-27(34)20(16-28)15-19-9-11-22(12-10-19)31(3)17-21-13-18(2)14-25(26(21)33)32-29-23-7-5-6-8-24(23)30-32/h5-15,33H,4,17H2,1-3H3/b20-15+. The number of carbonyl (C=O) groups excluding carboxylic acids is 1. The van der Waals surface area contributed by atoms with Crippen molar-refractivity contribution in [2.24, 2.45) is 0 Å². The number of hydrogen-bond acceptors (Lipinski definition) is 7. The number of aryl methyl sites for hydroxylation is 1. The molecule has 0 aliphatic carbocycles. The molecule has 0 amide bonds. The van der Waals surface area contributed by atoms with Gasteiger partial charge in [-0.25, -0.2) is 4.79 Å². The Hall–Kier alpha value is -4.64. The van der Waals surface area contributed by atoms with E-state index in [1.165, 1.54) is 10.9 Å². The van der Waals surface area contributed by atoms with Crippen LogP contribution in [-0.4, -0.2) is 39.7 Å². The second-order valence-corrected chi connectivity index (χ2v) is 8.11. The molecule has 0 unspecified atom stereocenters. The molecule has 0 spiro atoms. The molecule has 0 radical (unpaired) electrons. The van der Waals surface area contributed by atoms with Crippen LogP contribution in [0.25, 0.3) is 22.8 Å². The molecule has 35 heavy (non-hydrogen) atoms. The van der Waals surface area contributed by atoms with Crippen molar-refractivity contribution < 1.29 is 14.6 Å². The molecule has 8 heteroatoms. The van der Waals surface area contributed by atoms with Crippen LogP contribution >= 0.6 is 0 Å². The Morgan fingerprint density at radius 1 is 1.14 bits per heavy atom. The number of hydrogen-bond donors (Lipinski definition) is 1. The van der Waals surface area contributed by atoms with Crippen molar-refractivity contribution in [3.8, 4) is 17.5 Å². The second kappa shape index (κ2) is 10.1. The van der Waals surface area contributed by atoms with Crippen LogP contribution in [-0.2, 0) is 16.1 Å². The van der Waals surface area contributed by atoms with Crippen LogP contribution in [0.15, 0.2) is 66.2 Å². The van der Waals surface area contributed by atoms with Gasteiger partial charge in [0.2, 0.25) is 0 Å². The third-order valence-corrected chi connectivity index (χ3v) is 5.48. The Balaban J connectivity index is 1.57. The molecule has 1 aromatic heterocycles. The minimum Gasteiger partial charge on any atom is -0.505 e. The van der Waals surface area contributed by atoms with Gasteiger partial charge < -0.3 is 14.7 Å². The molecule has 3 aromatic carbocycles. The number of anilines is 1. The predicted octanol–water partition coefficient (Wildman–Crippen LogP) is 4.54. The number of carbonyl (C=O) groups is 1. The zero-order chi connectivity index (χ0) is 24.9. The van der Waals surface area contributed by atoms with Gasteiger partial charge in [-0.2, -0.15) is 5.26 Å². The highest BCUT2D eigenvalue weighted by Crippen LogP contribution is 2.30. The number of benzene rings is 3. The van der Waals surface area contributed by atoms with E-state index in [4.69, 9.17) is 4.74 Å². The van der Waals surface area contributed by atoms with Crippen LogP contribution < -0.4 is 4.90 Å². The molecular formula is C27H25N5O3. The fourth-order valence-electron chi connectivity index (χ4n) is 3.76. The number of phenols is 1. The van der Waals surface area contributed by atoms with Crippen LogP contribution in [0.4, 0.5) is 5.69 Å². The van der Waals surface area contributed by atoms with Crippen molar-refractivity contribution in [1.29, 1.82) is 5.26 Å². The van der Waals surface area contributed by atoms with Crippen LogP contribution in [0, 0.1) is 18.3 Å². The number of rotatable bonds is 7. The summed E-state index contributed by atoms with van der Waals surface area (Å²) < 4.78 is 4.90. The van der Waals surface area contributed by atoms with E-state index in [1.807, 2.05) is 85.6 Å². The molecule has 0 aliphatic rings. The fourth-order valence-corrected chi connectivity index (χ4v) is 3.76. The van der Waals surface area contributed by atoms with Gasteiger partial charge in [0, 0.05) is 24.8 Å². The first-order valence-electron chi connectivity index (χ1n) is 11.1. The maximum absolute atomic E-state index is 11.8. The number of ether oxygens (including phenoxy) is 1. The zero-order valence-electron chi connectivity index (χ0n) is 19.8. The maximum Gasteiger partial charge on any atom is 0.348 e. The molecule has 8 nitrogen and oxygen atoms in total. The summed E-state index contributed by atoms with van der Waals surface area (Å²) in [6.07, 6.45) is 1.50. The number of aromatic hydroxyl groups is 1. The highest BCUT2D eigenvalue weighted by molar-refractivity contribution is 5.97. The molecule has 0 bridgehead atoms. The number of nitriles is 1. The first-order chi connectivity index (χ1) is 16.9. The van der Waals surface area contributed by atoms with E-state index in [9.17, 15) is 15.2 Å². The largest absolute Gasteiger partial charge is 0.505 e. The maximum atomic E-state index is 11.8. The average Bonchev–Trinajstić information content (AvgIpc) is 3.29. The molecule has 0 aliphatic heterocycles. The lowest BCUT2D eigenvalue weighted by Gasteiger charge is -2.21. The summed E-state index contributed by atoms with van der Waals surface area (Å²) in [5.74, 6) is -0.517. The molecule has 0 fully saturated rings. The van der Waals surface area contributed by atoms with Crippen LogP contribution in [0.2, 0.25) is 0 Å². The predicted molar refractivity (Wildman–Crippen MR) is 134 cm³/mol. The molecule has 1 N–H and O–H groups in total. The van der Waals surface area contributed by atoms with Gasteiger partial charge in [0.15, 0.2) is 0 Å². The van der Waals surface area contributed by atoms with Crippen LogP contribution in [0.1, 0.15) is 23.6 Å². The Morgan fingerprint density at radius 3 is 2.40 bits per heavy atom. The van der Waals surface area contributed by atoms with E-state index in [0.717, 1.165) is 27.8 Å². The van der Waals surface area contributed by atoms with Crippen LogP contribution in [0.3, 0.4) is 0 Å². The van der Waals surface area contributed by atoms with E-state index >= 15 is 0 Å². The summed E-state index contributed by atoms with van der Waals surface area (Å²) in [4.78, 5) is 15.3. The minimum absolute atomic E-state index is 0.0509. The van der Waals surface area contributed by atoms with Crippen LogP contribution in [0.5, 0.6) is 5.75 Å². The van der Waals surface area contributed by atoms with E-state index in [1.54, 1.807) is 6.92 Å². The number of nitrogens with zero attached hydrogens (tertiary/aromatic N) is 5. The first kappa shape index (κ1) is 23.5. The van der Waals surface area contributed by atoms with Crippen molar-refractivity contribution in [2.75, 3.05) is 18.6 Å². The quantitative estimate of drug-likeness (QED) is 0.242. The molecule has 0 saturated heterocycles. The lowest BCUT2D eigenvalue weighted by Crippen LogP contribution is -2.17. The van der Waals surface area contributed by atoms with Gasteiger partial charge in [0.05, 0.1) is 6.61 Å². The number of phenolic OH excluding ortho intramolecular Hbond substituents is 1. The van der Waals surface area contributed by atoms with Crippen molar-refractivity contribution in [3.05, 3.63) is 82.9 Å². The van der Waals surface area contributed by atoms with Gasteiger partial charge in [-0.05, 0) is 61.4 Å². The Bertz CT molecular complexity index is 1420. The summed E-state index contributed by atoms with van der Waals surface area (Å²) in [6.45, 7) is 4.32. The topological polar surface area (TPSA) is 104 Å². The number of fused-ring (bicyclic) bond motifs is 1. The number of esters is 1. The number of aromatic nitrogens is 3. The lowest BCUT2D eigenvalue weighted by atomic mass is 10.1. The molecule has 0 saturated carbocycles. The van der Waals surface area contributed by atoms with Gasteiger partial charge in [-0.15, -0.1) is 15.0 Å². The molecule has 0 atom stereocenters. The smallest absolute Gasteiger partial charge is 0.348 e. The molecule has 4 aromatic rings. The fraction of sp³-hybridized carbons (Fsp3) is 0.185. The molecule has 4 rings (SSSR count). The van der Waals surface area contributed by atoms with Crippen molar-refractivity contribution in [3.63, 3.8) is 0 Å². The zero-order valence-corrected chi connectivity index (χ0v) is 19.8. The van der Waals surface area contributed by atoms with Gasteiger partial charge in [-0.3, -0.25) is 0 Å². The average molecular weight is 468 g/mol. The highest BCUT2D eigenvalue weighted by atomic mass is 16.5. The van der Waals surface area contributed by atoms with Gasteiger partial charge in [-0.1, -0.05) is 30.3 Å². The summed E-state index contributed by atoms with van der Waals surface area (Å²) in [7, 11) is 1.92. The minimum atomic E-state index is -0.638. The monoisotopic (exact) mass is 467 g/mol.